The van der Waals surface area contributed by atoms with Gasteiger partial charge in [-0.3, -0.25) is 0 Å². The first-order chi connectivity index (χ1) is 6.68. The van der Waals surface area contributed by atoms with Crippen LogP contribution in [0.2, 0.25) is 0 Å². The molecule has 0 aliphatic heterocycles. The summed E-state index contributed by atoms with van der Waals surface area (Å²) in [6, 6.07) is 0. The molecule has 0 amide bonds. The van der Waals surface area contributed by atoms with Gasteiger partial charge >= 0.3 is 5.97 Å². The van der Waals surface area contributed by atoms with Crippen LogP contribution in [0.25, 0.3) is 0 Å². The monoisotopic (exact) mass is 201 g/mol. The van der Waals surface area contributed by atoms with Gasteiger partial charge in [-0.2, -0.15) is 0 Å². The highest BCUT2D eigenvalue weighted by atomic mass is 16.6. The first kappa shape index (κ1) is 13.1. The minimum absolute atomic E-state index is 0.290. The van der Waals surface area contributed by atoms with E-state index in [1.54, 1.807) is 6.92 Å². The number of carbonyl (C=O) groups is 1. The van der Waals surface area contributed by atoms with Crippen LogP contribution in [0.5, 0.6) is 0 Å². The fraction of sp³-hybridized carbons (Fsp3) is 0.700. The van der Waals surface area contributed by atoms with Crippen molar-refractivity contribution in [3.63, 3.8) is 0 Å². The quantitative estimate of drug-likeness (QED) is 0.357. The maximum atomic E-state index is 10.9. The van der Waals surface area contributed by atoms with Crippen molar-refractivity contribution in [2.45, 2.75) is 13.8 Å². The maximum Gasteiger partial charge on any atom is 0.333 e. The van der Waals surface area contributed by atoms with Crippen LogP contribution >= 0.6 is 0 Å². The second-order valence-corrected chi connectivity index (χ2v) is 2.88. The van der Waals surface area contributed by atoms with E-state index in [0.29, 0.717) is 18.8 Å². The maximum absolute atomic E-state index is 10.9. The van der Waals surface area contributed by atoms with Crippen LogP contribution in [0.15, 0.2) is 12.2 Å². The summed E-state index contributed by atoms with van der Waals surface area (Å²) in [5.41, 5.74) is 0.414. The van der Waals surface area contributed by atoms with E-state index in [1.807, 2.05) is 6.92 Å². The summed E-state index contributed by atoms with van der Waals surface area (Å²) in [5, 5.41) is 3.12. The molecule has 0 saturated carbocycles. The van der Waals surface area contributed by atoms with Crippen LogP contribution in [-0.2, 0) is 14.3 Å². The van der Waals surface area contributed by atoms with Crippen molar-refractivity contribution in [1.82, 2.24) is 5.32 Å². The molecule has 0 unspecified atom stereocenters. The van der Waals surface area contributed by atoms with Crippen molar-refractivity contribution in [1.29, 1.82) is 0 Å². The predicted molar refractivity (Wildman–Crippen MR) is 55.1 cm³/mol. The molecule has 0 spiro atoms. The van der Waals surface area contributed by atoms with Gasteiger partial charge in [-0.1, -0.05) is 13.5 Å². The van der Waals surface area contributed by atoms with Crippen LogP contribution in [0, 0.1) is 0 Å². The van der Waals surface area contributed by atoms with Gasteiger partial charge in [0.05, 0.1) is 13.2 Å². The average molecular weight is 201 g/mol. The van der Waals surface area contributed by atoms with E-state index in [1.165, 1.54) is 0 Å². The van der Waals surface area contributed by atoms with Gasteiger partial charge in [0.1, 0.15) is 6.61 Å². The highest BCUT2D eigenvalue weighted by molar-refractivity contribution is 5.86. The predicted octanol–water partition coefficient (Wildman–Crippen LogP) is 0.732. The molecule has 0 aromatic carbocycles. The van der Waals surface area contributed by atoms with Gasteiger partial charge in [-0.05, 0) is 13.5 Å². The summed E-state index contributed by atoms with van der Waals surface area (Å²) < 4.78 is 10.0. The zero-order valence-electron chi connectivity index (χ0n) is 8.97. The largest absolute Gasteiger partial charge is 0.460 e. The Kier molecular flexibility index (Phi) is 8.17. The van der Waals surface area contributed by atoms with Crippen molar-refractivity contribution in [3.8, 4) is 0 Å². The summed E-state index contributed by atoms with van der Waals surface area (Å²) >= 11 is 0. The van der Waals surface area contributed by atoms with Gasteiger partial charge in [-0.15, -0.1) is 0 Å². The minimum Gasteiger partial charge on any atom is -0.460 e. The molecule has 0 aliphatic rings. The number of ether oxygens (including phenoxy) is 2. The first-order valence-corrected chi connectivity index (χ1v) is 4.79. The summed E-state index contributed by atoms with van der Waals surface area (Å²) in [6.45, 7) is 10.2. The van der Waals surface area contributed by atoms with Gasteiger partial charge in [0.25, 0.3) is 0 Å². The number of hydrogen-bond acceptors (Lipinski definition) is 4. The lowest BCUT2D eigenvalue weighted by atomic mass is 10.4. The zero-order valence-corrected chi connectivity index (χ0v) is 8.97. The average Bonchev–Trinajstić information content (AvgIpc) is 2.16. The summed E-state index contributed by atoms with van der Waals surface area (Å²) in [7, 11) is 0. The molecule has 0 heterocycles. The van der Waals surface area contributed by atoms with Gasteiger partial charge in [-0.25, -0.2) is 4.79 Å². The molecule has 1 N–H and O–H groups in total. The number of rotatable bonds is 8. The summed E-state index contributed by atoms with van der Waals surface area (Å²) in [6.07, 6.45) is 0. The Labute approximate surface area is 85.3 Å². The molecule has 0 aromatic rings. The number of hydrogen-bond donors (Lipinski definition) is 1. The minimum atomic E-state index is -0.361. The number of likely N-dealkylation sites (N-methyl/N-ethyl adjacent to an activating group) is 1. The second kappa shape index (κ2) is 8.72. The molecule has 4 heteroatoms. The molecule has 82 valence electrons. The third-order valence-electron chi connectivity index (χ3n) is 1.48. The van der Waals surface area contributed by atoms with Crippen LogP contribution in [0.4, 0.5) is 0 Å². The lowest BCUT2D eigenvalue weighted by molar-refractivity contribution is -0.140. The summed E-state index contributed by atoms with van der Waals surface area (Å²) in [4.78, 5) is 10.9. The van der Waals surface area contributed by atoms with Crippen molar-refractivity contribution < 1.29 is 14.3 Å². The highest BCUT2D eigenvalue weighted by Crippen LogP contribution is 1.91. The van der Waals surface area contributed by atoms with E-state index in [2.05, 4.69) is 11.9 Å². The fourth-order valence-electron chi connectivity index (χ4n) is 0.740. The molecule has 0 rings (SSSR count). The third kappa shape index (κ3) is 7.76. The molecule has 0 bridgehead atoms. The third-order valence-corrected chi connectivity index (χ3v) is 1.48. The highest BCUT2D eigenvalue weighted by Gasteiger charge is 2.01. The summed E-state index contributed by atoms with van der Waals surface area (Å²) in [5.74, 6) is -0.361. The normalized spacial score (nSPS) is 9.86. The SMILES string of the molecule is C=C(C)C(=O)OCCOCCNCC. The number of carbonyl (C=O) groups excluding carboxylic acids is 1. The van der Waals surface area contributed by atoms with Crippen LogP contribution in [0.1, 0.15) is 13.8 Å². The Bertz CT molecular complexity index is 180. The fourth-order valence-corrected chi connectivity index (χ4v) is 0.740. The molecule has 0 atom stereocenters. The Balaban J connectivity index is 3.13. The molecule has 4 nitrogen and oxygen atoms in total. The molecule has 14 heavy (non-hydrogen) atoms. The lowest BCUT2D eigenvalue weighted by Crippen LogP contribution is -2.20. The molecular weight excluding hydrogens is 182 g/mol. The Morgan fingerprint density at radius 1 is 1.36 bits per heavy atom. The topological polar surface area (TPSA) is 47.6 Å². The van der Waals surface area contributed by atoms with E-state index in [9.17, 15) is 4.79 Å². The van der Waals surface area contributed by atoms with E-state index in [-0.39, 0.29) is 12.6 Å². The second-order valence-electron chi connectivity index (χ2n) is 2.88. The molecule has 0 aromatic heterocycles. The lowest BCUT2D eigenvalue weighted by Gasteiger charge is -2.05. The van der Waals surface area contributed by atoms with Crippen LogP contribution in [0.3, 0.4) is 0 Å². The molecule has 0 radical (unpaired) electrons. The van der Waals surface area contributed by atoms with Crippen molar-refractivity contribution in [2.24, 2.45) is 0 Å². The van der Waals surface area contributed by atoms with E-state index in [0.717, 1.165) is 13.1 Å². The van der Waals surface area contributed by atoms with E-state index >= 15 is 0 Å². The first-order valence-electron chi connectivity index (χ1n) is 4.79. The zero-order chi connectivity index (χ0) is 10.8. The van der Waals surface area contributed by atoms with Gasteiger partial charge < -0.3 is 14.8 Å². The number of esters is 1. The Morgan fingerprint density at radius 2 is 2.07 bits per heavy atom. The van der Waals surface area contributed by atoms with Gasteiger partial charge in [0, 0.05) is 12.1 Å². The smallest absolute Gasteiger partial charge is 0.333 e. The number of nitrogens with one attached hydrogen (secondary N) is 1. The van der Waals surface area contributed by atoms with Crippen molar-refractivity contribution in [3.05, 3.63) is 12.2 Å². The standard InChI is InChI=1S/C10H19NO3/c1-4-11-5-6-13-7-8-14-10(12)9(2)3/h11H,2,4-8H2,1,3H3. The Hall–Kier alpha value is -0.870. The van der Waals surface area contributed by atoms with Gasteiger partial charge in [0.15, 0.2) is 0 Å². The molecule has 0 fully saturated rings. The van der Waals surface area contributed by atoms with E-state index in [4.69, 9.17) is 9.47 Å². The van der Waals surface area contributed by atoms with Gasteiger partial charge in [0.2, 0.25) is 0 Å². The molecule has 0 saturated heterocycles. The van der Waals surface area contributed by atoms with Crippen LogP contribution < -0.4 is 5.32 Å². The van der Waals surface area contributed by atoms with Crippen molar-refractivity contribution in [2.75, 3.05) is 32.9 Å². The molecular formula is C10H19NO3. The van der Waals surface area contributed by atoms with E-state index < -0.39 is 0 Å². The molecule has 0 aliphatic carbocycles. The van der Waals surface area contributed by atoms with Crippen molar-refractivity contribution >= 4 is 5.97 Å². The Morgan fingerprint density at radius 3 is 2.64 bits per heavy atom. The van der Waals surface area contributed by atoms with Crippen LogP contribution in [-0.4, -0.2) is 38.9 Å².